The maximum atomic E-state index is 14.4. The number of carbonyl (C=O) groups excluding carboxylic acids is 1. The van der Waals surface area contributed by atoms with Gasteiger partial charge in [-0.15, -0.1) is 0 Å². The molecule has 1 unspecified atom stereocenters. The molecular weight excluding hydrogens is 452 g/mol. The van der Waals surface area contributed by atoms with Gasteiger partial charge in [0.05, 0.1) is 24.3 Å². The van der Waals surface area contributed by atoms with Crippen LogP contribution in [-0.2, 0) is 16.9 Å². The molecule has 1 amide bonds. The molecule has 10 heteroatoms. The number of nitrogens with zero attached hydrogens (tertiary/aromatic N) is 4. The molecule has 2 aromatic heterocycles. The van der Waals surface area contributed by atoms with E-state index in [0.717, 1.165) is 23.0 Å². The molecule has 0 bridgehead atoms. The van der Waals surface area contributed by atoms with Gasteiger partial charge in [0.25, 0.3) is 0 Å². The lowest BCUT2D eigenvalue weighted by atomic mass is 9.92. The average molecular weight is 470 g/mol. The van der Waals surface area contributed by atoms with Crippen molar-refractivity contribution >= 4 is 34.5 Å². The van der Waals surface area contributed by atoms with Crippen LogP contribution in [-0.4, -0.2) is 37.3 Å². The van der Waals surface area contributed by atoms with E-state index in [2.05, 4.69) is 20.4 Å². The molecule has 2 aromatic carbocycles. The SMILES string of the molecule is O=C(C=Cc1ccc2cc(Cl)ccc2n1)NCC(O)(Cn1cncn1)c1ccc(F)cc1F. The standard InChI is InChI=1S/C23H18ClF2N5O2/c24-16-2-7-21-15(9-16)1-4-18(30-21)5-8-22(32)28-11-23(33,12-31-14-27-13-29-31)19-6-3-17(25)10-20(19)26/h1-10,13-14,33H,11-12H2,(H,28,32). The molecule has 0 aliphatic rings. The second-order valence-electron chi connectivity index (χ2n) is 7.37. The number of carbonyl (C=O) groups is 1. The Morgan fingerprint density at radius 2 is 2.03 bits per heavy atom. The van der Waals surface area contributed by atoms with Crippen molar-refractivity contribution in [3.8, 4) is 0 Å². The number of benzene rings is 2. The van der Waals surface area contributed by atoms with Crippen molar-refractivity contribution in [2.75, 3.05) is 6.54 Å². The lowest BCUT2D eigenvalue weighted by Gasteiger charge is -2.29. The highest BCUT2D eigenvalue weighted by molar-refractivity contribution is 6.31. The molecule has 0 fully saturated rings. The summed E-state index contributed by atoms with van der Waals surface area (Å²) in [5.74, 6) is -2.26. The molecule has 7 nitrogen and oxygen atoms in total. The molecule has 0 spiro atoms. The van der Waals surface area contributed by atoms with Crippen molar-refractivity contribution in [3.05, 3.63) is 95.2 Å². The van der Waals surface area contributed by atoms with Gasteiger partial charge in [0.15, 0.2) is 0 Å². The minimum atomic E-state index is -1.91. The summed E-state index contributed by atoms with van der Waals surface area (Å²) in [5, 5.41) is 19.1. The summed E-state index contributed by atoms with van der Waals surface area (Å²) in [4.78, 5) is 20.6. The molecule has 1 atom stereocenters. The molecular formula is C23H18ClF2N5O2. The Labute approximate surface area is 192 Å². The molecule has 33 heavy (non-hydrogen) atoms. The summed E-state index contributed by atoms with van der Waals surface area (Å²) < 4.78 is 29.1. The molecule has 2 N–H and O–H groups in total. The van der Waals surface area contributed by atoms with E-state index in [1.54, 1.807) is 24.3 Å². The lowest BCUT2D eigenvalue weighted by molar-refractivity contribution is -0.118. The van der Waals surface area contributed by atoms with Gasteiger partial charge in [-0.1, -0.05) is 23.7 Å². The van der Waals surface area contributed by atoms with E-state index in [-0.39, 0.29) is 18.7 Å². The molecule has 4 rings (SSSR count). The van der Waals surface area contributed by atoms with Gasteiger partial charge in [0.1, 0.15) is 29.9 Å². The first kappa shape index (κ1) is 22.5. The smallest absolute Gasteiger partial charge is 0.244 e. The van der Waals surface area contributed by atoms with Crippen LogP contribution in [0.2, 0.25) is 5.02 Å². The highest BCUT2D eigenvalue weighted by Gasteiger charge is 2.34. The molecule has 0 radical (unpaired) electrons. The number of aromatic nitrogens is 4. The summed E-state index contributed by atoms with van der Waals surface area (Å²) in [7, 11) is 0. The number of fused-ring (bicyclic) bond motifs is 1. The topological polar surface area (TPSA) is 92.9 Å². The molecule has 4 aromatic rings. The van der Waals surface area contributed by atoms with Gasteiger partial charge in [-0.05, 0) is 36.4 Å². The summed E-state index contributed by atoms with van der Waals surface area (Å²) in [6, 6.07) is 11.7. The summed E-state index contributed by atoms with van der Waals surface area (Å²) >= 11 is 5.97. The third-order valence-electron chi connectivity index (χ3n) is 4.96. The van der Waals surface area contributed by atoms with Gasteiger partial charge < -0.3 is 10.4 Å². The van der Waals surface area contributed by atoms with Gasteiger partial charge in [0.2, 0.25) is 5.91 Å². The highest BCUT2D eigenvalue weighted by Crippen LogP contribution is 2.26. The summed E-state index contributed by atoms with van der Waals surface area (Å²) in [5.41, 5.74) is -0.827. The Hall–Kier alpha value is -3.69. The zero-order valence-corrected chi connectivity index (χ0v) is 17.9. The zero-order chi connectivity index (χ0) is 23.4. The maximum absolute atomic E-state index is 14.4. The normalized spacial score (nSPS) is 13.3. The predicted octanol–water partition coefficient (Wildman–Crippen LogP) is 3.48. The van der Waals surface area contributed by atoms with Gasteiger partial charge in [-0.2, -0.15) is 5.10 Å². The molecule has 0 aliphatic heterocycles. The molecule has 168 valence electrons. The number of amides is 1. The minimum absolute atomic E-state index is 0.182. The van der Waals surface area contributed by atoms with Crippen LogP contribution in [0, 0.1) is 11.6 Å². The van der Waals surface area contributed by atoms with Crippen molar-refractivity contribution < 1.29 is 18.7 Å². The largest absolute Gasteiger partial charge is 0.381 e. The maximum Gasteiger partial charge on any atom is 0.244 e. The fourth-order valence-electron chi connectivity index (χ4n) is 3.34. The van der Waals surface area contributed by atoms with E-state index >= 15 is 0 Å². The van der Waals surface area contributed by atoms with Crippen molar-refractivity contribution in [1.82, 2.24) is 25.1 Å². The number of rotatable bonds is 7. The number of nitrogens with one attached hydrogen (secondary N) is 1. The zero-order valence-electron chi connectivity index (χ0n) is 17.1. The minimum Gasteiger partial charge on any atom is -0.381 e. The first-order chi connectivity index (χ1) is 15.8. The number of hydrogen-bond acceptors (Lipinski definition) is 5. The molecule has 0 saturated carbocycles. The van der Waals surface area contributed by atoms with E-state index < -0.39 is 23.1 Å². The second kappa shape index (κ2) is 9.43. The van der Waals surface area contributed by atoms with E-state index in [9.17, 15) is 18.7 Å². The lowest BCUT2D eigenvalue weighted by Crippen LogP contribution is -2.44. The van der Waals surface area contributed by atoms with Crippen LogP contribution < -0.4 is 5.32 Å². The quantitative estimate of drug-likeness (QED) is 0.404. The first-order valence-corrected chi connectivity index (χ1v) is 10.2. The fraction of sp³-hybridized carbons (Fsp3) is 0.130. The number of pyridine rings is 1. The molecule has 2 heterocycles. The van der Waals surface area contributed by atoms with Crippen molar-refractivity contribution in [1.29, 1.82) is 0 Å². The number of hydrogen-bond donors (Lipinski definition) is 2. The van der Waals surface area contributed by atoms with E-state index in [0.29, 0.717) is 16.8 Å². The number of aliphatic hydroxyl groups is 1. The Bertz CT molecular complexity index is 1330. The van der Waals surface area contributed by atoms with Crippen LogP contribution in [0.5, 0.6) is 0 Å². The van der Waals surface area contributed by atoms with E-state index in [1.807, 2.05) is 6.07 Å². The van der Waals surface area contributed by atoms with Gasteiger partial charge in [0, 0.05) is 28.1 Å². The third kappa shape index (κ3) is 5.39. The van der Waals surface area contributed by atoms with Crippen molar-refractivity contribution in [2.24, 2.45) is 0 Å². The van der Waals surface area contributed by atoms with Gasteiger partial charge in [-0.3, -0.25) is 4.79 Å². The third-order valence-corrected chi connectivity index (χ3v) is 5.19. The monoisotopic (exact) mass is 469 g/mol. The van der Waals surface area contributed by atoms with Crippen LogP contribution >= 0.6 is 11.6 Å². The van der Waals surface area contributed by atoms with Crippen molar-refractivity contribution in [3.63, 3.8) is 0 Å². The molecule has 0 saturated heterocycles. The second-order valence-corrected chi connectivity index (χ2v) is 7.81. The predicted molar refractivity (Wildman–Crippen MR) is 119 cm³/mol. The fourth-order valence-corrected chi connectivity index (χ4v) is 3.52. The average Bonchev–Trinajstić information content (AvgIpc) is 3.29. The van der Waals surface area contributed by atoms with Crippen LogP contribution in [0.4, 0.5) is 8.78 Å². The van der Waals surface area contributed by atoms with E-state index in [1.165, 1.54) is 29.5 Å². The van der Waals surface area contributed by atoms with Crippen molar-refractivity contribution in [2.45, 2.75) is 12.1 Å². The Balaban J connectivity index is 1.50. The summed E-state index contributed by atoms with van der Waals surface area (Å²) in [6.07, 6.45) is 5.36. The van der Waals surface area contributed by atoms with Crippen LogP contribution in [0.3, 0.4) is 0 Å². The van der Waals surface area contributed by atoms with Gasteiger partial charge in [-0.25, -0.2) is 23.4 Å². The van der Waals surface area contributed by atoms with Crippen LogP contribution in [0.1, 0.15) is 11.3 Å². The number of halogens is 3. The Kier molecular flexibility index (Phi) is 6.43. The highest BCUT2D eigenvalue weighted by atomic mass is 35.5. The molecule has 0 aliphatic carbocycles. The summed E-state index contributed by atoms with van der Waals surface area (Å²) in [6.45, 7) is -0.573. The first-order valence-electron chi connectivity index (χ1n) is 9.85. The van der Waals surface area contributed by atoms with E-state index in [4.69, 9.17) is 11.6 Å². The van der Waals surface area contributed by atoms with Crippen LogP contribution in [0.15, 0.2) is 67.3 Å². The Morgan fingerprint density at radius 1 is 1.18 bits per heavy atom. The Morgan fingerprint density at radius 3 is 2.79 bits per heavy atom. The van der Waals surface area contributed by atoms with Gasteiger partial charge >= 0.3 is 0 Å². The van der Waals surface area contributed by atoms with Crippen LogP contribution in [0.25, 0.3) is 17.0 Å².